The molecule has 1 fully saturated rings. The van der Waals surface area contributed by atoms with Crippen molar-refractivity contribution in [3.63, 3.8) is 0 Å². The molecule has 0 unspecified atom stereocenters. The number of hydrogen-bond donors (Lipinski definition) is 1. The van der Waals surface area contributed by atoms with Crippen molar-refractivity contribution in [1.82, 2.24) is 0 Å². The first-order valence-electron chi connectivity index (χ1n) is 5.07. The smallest absolute Gasteiger partial charge is 0.0730 e. The predicted octanol–water partition coefficient (Wildman–Crippen LogP) is 3.02. The van der Waals surface area contributed by atoms with E-state index in [0.29, 0.717) is 4.99 Å². The number of thiocarbonyl (C=S) groups is 1. The molecule has 1 aliphatic rings. The van der Waals surface area contributed by atoms with E-state index < -0.39 is 0 Å². The Morgan fingerprint density at radius 1 is 1.08 bits per heavy atom. The van der Waals surface area contributed by atoms with Crippen molar-refractivity contribution in [3.8, 4) is 0 Å². The summed E-state index contributed by atoms with van der Waals surface area (Å²) in [6, 6.07) is 0. The van der Waals surface area contributed by atoms with E-state index in [4.69, 9.17) is 18.0 Å². The topological polar surface area (TPSA) is 26.0 Å². The maximum absolute atomic E-state index is 5.54. The Hall–Kier alpha value is -0.110. The highest BCUT2D eigenvalue weighted by Crippen LogP contribution is 2.24. The highest BCUT2D eigenvalue weighted by Gasteiger charge is 2.11. The molecule has 2 N–H and O–H groups in total. The largest absolute Gasteiger partial charge is 0.393 e. The predicted molar refractivity (Wildman–Crippen MR) is 57.2 cm³/mol. The zero-order valence-electron chi connectivity index (χ0n) is 7.72. The first kappa shape index (κ1) is 9.97. The van der Waals surface area contributed by atoms with Crippen LogP contribution < -0.4 is 5.73 Å². The SMILES string of the molecule is NC(=S)CC1CCCCCCC1. The molecular weight excluding hydrogens is 166 g/mol. The number of hydrogen-bond acceptors (Lipinski definition) is 1. The molecule has 1 aliphatic carbocycles. The van der Waals surface area contributed by atoms with E-state index in [1.807, 2.05) is 0 Å². The van der Waals surface area contributed by atoms with E-state index in [9.17, 15) is 0 Å². The molecule has 0 heterocycles. The van der Waals surface area contributed by atoms with Crippen LogP contribution in [0.3, 0.4) is 0 Å². The van der Waals surface area contributed by atoms with Crippen molar-refractivity contribution in [2.24, 2.45) is 11.7 Å². The van der Waals surface area contributed by atoms with Crippen LogP contribution in [0.4, 0.5) is 0 Å². The Balaban J connectivity index is 2.24. The zero-order valence-corrected chi connectivity index (χ0v) is 8.54. The van der Waals surface area contributed by atoms with Crippen LogP contribution in [0.2, 0.25) is 0 Å². The molecule has 1 nitrogen and oxygen atoms in total. The molecule has 12 heavy (non-hydrogen) atoms. The summed E-state index contributed by atoms with van der Waals surface area (Å²) in [4.78, 5) is 0.709. The van der Waals surface area contributed by atoms with Gasteiger partial charge in [0.2, 0.25) is 0 Å². The summed E-state index contributed by atoms with van der Waals surface area (Å²) in [6.45, 7) is 0. The highest BCUT2D eigenvalue weighted by atomic mass is 32.1. The summed E-state index contributed by atoms with van der Waals surface area (Å²) in [5, 5.41) is 0. The van der Waals surface area contributed by atoms with Gasteiger partial charge >= 0.3 is 0 Å². The van der Waals surface area contributed by atoms with E-state index in [1.165, 1.54) is 44.9 Å². The van der Waals surface area contributed by atoms with Gasteiger partial charge in [0.25, 0.3) is 0 Å². The summed E-state index contributed by atoms with van der Waals surface area (Å²) in [7, 11) is 0. The maximum Gasteiger partial charge on any atom is 0.0730 e. The van der Waals surface area contributed by atoms with Crippen molar-refractivity contribution in [3.05, 3.63) is 0 Å². The number of rotatable bonds is 2. The van der Waals surface area contributed by atoms with E-state index in [0.717, 1.165) is 12.3 Å². The van der Waals surface area contributed by atoms with Crippen LogP contribution in [0.5, 0.6) is 0 Å². The van der Waals surface area contributed by atoms with E-state index in [2.05, 4.69) is 0 Å². The molecule has 0 aliphatic heterocycles. The molecule has 2 heteroatoms. The fraction of sp³-hybridized carbons (Fsp3) is 0.900. The minimum atomic E-state index is 0.709. The summed E-state index contributed by atoms with van der Waals surface area (Å²) in [5.41, 5.74) is 5.54. The Bertz CT molecular complexity index is 137. The van der Waals surface area contributed by atoms with Gasteiger partial charge in [-0.3, -0.25) is 0 Å². The van der Waals surface area contributed by atoms with Gasteiger partial charge in [0.05, 0.1) is 4.99 Å². The van der Waals surface area contributed by atoms with Gasteiger partial charge in [-0.15, -0.1) is 0 Å². The summed E-state index contributed by atoms with van der Waals surface area (Å²) in [6.07, 6.45) is 10.7. The molecule has 0 aromatic carbocycles. The van der Waals surface area contributed by atoms with Crippen LogP contribution >= 0.6 is 12.2 Å². The fourth-order valence-electron chi connectivity index (χ4n) is 2.03. The number of nitrogens with two attached hydrogens (primary N) is 1. The third-order valence-electron chi connectivity index (χ3n) is 2.71. The lowest BCUT2D eigenvalue weighted by Crippen LogP contribution is -2.15. The third kappa shape index (κ3) is 4.05. The van der Waals surface area contributed by atoms with Gasteiger partial charge in [0, 0.05) is 6.42 Å². The first-order chi connectivity index (χ1) is 5.79. The molecule has 0 spiro atoms. The van der Waals surface area contributed by atoms with Crippen LogP contribution in [0.25, 0.3) is 0 Å². The van der Waals surface area contributed by atoms with Gasteiger partial charge < -0.3 is 5.73 Å². The minimum Gasteiger partial charge on any atom is -0.393 e. The molecule has 0 amide bonds. The first-order valence-corrected chi connectivity index (χ1v) is 5.48. The van der Waals surface area contributed by atoms with Crippen molar-refractivity contribution >= 4 is 17.2 Å². The maximum atomic E-state index is 5.54. The van der Waals surface area contributed by atoms with Gasteiger partial charge in [-0.25, -0.2) is 0 Å². The average molecular weight is 185 g/mol. The van der Waals surface area contributed by atoms with Crippen LogP contribution in [-0.2, 0) is 0 Å². The molecule has 0 saturated heterocycles. The molecular formula is C10H19NS. The Labute approximate surface area is 80.7 Å². The molecule has 1 rings (SSSR count). The lowest BCUT2D eigenvalue weighted by atomic mass is 9.89. The molecule has 0 bridgehead atoms. The van der Waals surface area contributed by atoms with Crippen LogP contribution in [0.1, 0.15) is 51.4 Å². The van der Waals surface area contributed by atoms with Crippen molar-refractivity contribution < 1.29 is 0 Å². The summed E-state index contributed by atoms with van der Waals surface area (Å²) >= 11 is 4.93. The van der Waals surface area contributed by atoms with Crippen LogP contribution in [0, 0.1) is 5.92 Å². The van der Waals surface area contributed by atoms with Crippen LogP contribution in [0.15, 0.2) is 0 Å². The zero-order chi connectivity index (χ0) is 8.81. The molecule has 0 radical (unpaired) electrons. The second-order valence-electron chi connectivity index (χ2n) is 3.88. The minimum absolute atomic E-state index is 0.709. The normalized spacial score (nSPS) is 21.3. The molecule has 70 valence electrons. The van der Waals surface area contributed by atoms with E-state index in [1.54, 1.807) is 0 Å². The van der Waals surface area contributed by atoms with Gasteiger partial charge in [-0.1, -0.05) is 57.2 Å². The average Bonchev–Trinajstić information content (AvgIpc) is 1.93. The van der Waals surface area contributed by atoms with Crippen molar-refractivity contribution in [2.45, 2.75) is 51.4 Å². The summed E-state index contributed by atoms with van der Waals surface area (Å²) in [5.74, 6) is 0.794. The molecule has 1 saturated carbocycles. The Kier molecular flexibility index (Phi) is 4.59. The van der Waals surface area contributed by atoms with Gasteiger partial charge in [-0.2, -0.15) is 0 Å². The Morgan fingerprint density at radius 3 is 2.08 bits per heavy atom. The standard InChI is InChI=1S/C10H19NS/c11-10(12)8-9-6-4-2-1-3-5-7-9/h9H,1-8H2,(H2,11,12). The Morgan fingerprint density at radius 2 is 1.58 bits per heavy atom. The van der Waals surface area contributed by atoms with Gasteiger partial charge in [-0.05, 0) is 5.92 Å². The summed E-state index contributed by atoms with van der Waals surface area (Å²) < 4.78 is 0. The monoisotopic (exact) mass is 185 g/mol. The lowest BCUT2D eigenvalue weighted by Gasteiger charge is -2.18. The fourth-order valence-corrected chi connectivity index (χ4v) is 2.27. The molecule has 0 aromatic heterocycles. The second kappa shape index (κ2) is 5.52. The van der Waals surface area contributed by atoms with E-state index >= 15 is 0 Å². The molecule has 0 aromatic rings. The highest BCUT2D eigenvalue weighted by molar-refractivity contribution is 7.80. The van der Waals surface area contributed by atoms with Crippen LogP contribution in [-0.4, -0.2) is 4.99 Å². The van der Waals surface area contributed by atoms with Gasteiger partial charge in [0.1, 0.15) is 0 Å². The van der Waals surface area contributed by atoms with Crippen molar-refractivity contribution in [2.75, 3.05) is 0 Å². The quantitative estimate of drug-likeness (QED) is 0.669. The third-order valence-corrected chi connectivity index (χ3v) is 2.88. The van der Waals surface area contributed by atoms with E-state index in [-0.39, 0.29) is 0 Å². The van der Waals surface area contributed by atoms with Gasteiger partial charge in [0.15, 0.2) is 0 Å². The van der Waals surface area contributed by atoms with Crippen molar-refractivity contribution in [1.29, 1.82) is 0 Å². The molecule has 0 atom stereocenters. The lowest BCUT2D eigenvalue weighted by molar-refractivity contribution is 0.388. The second-order valence-corrected chi connectivity index (χ2v) is 4.41.